The number of aromatic nitrogens is 2. The molecule has 18 heavy (non-hydrogen) atoms. The number of aliphatic carboxylic acids is 1. The van der Waals surface area contributed by atoms with Crippen LogP contribution in [-0.2, 0) is 11.8 Å². The quantitative estimate of drug-likeness (QED) is 0.868. The summed E-state index contributed by atoms with van der Waals surface area (Å²) in [4.78, 5) is 22.7. The van der Waals surface area contributed by atoms with Crippen molar-refractivity contribution in [2.45, 2.75) is 32.7 Å². The lowest BCUT2D eigenvalue weighted by atomic mass is 10.1. The molecule has 0 aliphatic rings. The molecule has 1 aromatic rings. The van der Waals surface area contributed by atoms with Gasteiger partial charge in [-0.05, 0) is 12.8 Å². The van der Waals surface area contributed by atoms with Gasteiger partial charge in [-0.2, -0.15) is 5.10 Å². The smallest absolute Gasteiger partial charge is 0.325 e. The van der Waals surface area contributed by atoms with Gasteiger partial charge in [-0.3, -0.25) is 14.3 Å². The molecule has 0 spiro atoms. The number of nitrogens with zero attached hydrogens (tertiary/aromatic N) is 2. The molecule has 0 radical (unpaired) electrons. The van der Waals surface area contributed by atoms with Crippen LogP contribution in [0.5, 0.6) is 0 Å². The molecule has 0 aromatic carbocycles. The zero-order chi connectivity index (χ0) is 14.0. The van der Waals surface area contributed by atoms with Crippen molar-refractivity contribution in [3.8, 4) is 0 Å². The summed E-state index contributed by atoms with van der Waals surface area (Å²) in [5.74, 6) is -1.61. The van der Waals surface area contributed by atoms with E-state index >= 15 is 0 Å². The molecule has 0 bridgehead atoms. The predicted octanol–water partition coefficient (Wildman–Crippen LogP) is 1.40. The SMILES string of the molecule is CC(C)c1nn(C)c(Cl)c1C(=O)N[C@H](C)C(=O)O. The summed E-state index contributed by atoms with van der Waals surface area (Å²) in [5, 5.41) is 15.5. The van der Waals surface area contributed by atoms with Crippen molar-refractivity contribution in [3.05, 3.63) is 16.4 Å². The summed E-state index contributed by atoms with van der Waals surface area (Å²) in [7, 11) is 1.63. The predicted molar refractivity (Wildman–Crippen MR) is 66.9 cm³/mol. The van der Waals surface area contributed by atoms with E-state index < -0.39 is 17.9 Å². The van der Waals surface area contributed by atoms with Crippen LogP contribution in [0.1, 0.15) is 42.7 Å². The zero-order valence-electron chi connectivity index (χ0n) is 10.7. The van der Waals surface area contributed by atoms with Crippen LogP contribution >= 0.6 is 11.6 Å². The number of hydrogen-bond donors (Lipinski definition) is 2. The molecule has 0 saturated carbocycles. The lowest BCUT2D eigenvalue weighted by molar-refractivity contribution is -0.138. The van der Waals surface area contributed by atoms with Crippen LogP contribution in [-0.4, -0.2) is 32.8 Å². The van der Waals surface area contributed by atoms with E-state index in [2.05, 4.69) is 10.4 Å². The van der Waals surface area contributed by atoms with Crippen molar-refractivity contribution in [1.82, 2.24) is 15.1 Å². The molecule has 1 aromatic heterocycles. The first-order chi connectivity index (χ1) is 8.25. The molecule has 2 N–H and O–H groups in total. The molecule has 1 heterocycles. The van der Waals surface area contributed by atoms with Gasteiger partial charge in [-0.1, -0.05) is 25.4 Å². The summed E-state index contributed by atoms with van der Waals surface area (Å²) in [5.41, 5.74) is 0.792. The Morgan fingerprint density at radius 2 is 1.94 bits per heavy atom. The third kappa shape index (κ3) is 2.81. The number of carbonyl (C=O) groups is 2. The maximum absolute atomic E-state index is 12.0. The van der Waals surface area contributed by atoms with Crippen LogP contribution in [0.15, 0.2) is 0 Å². The second-order valence-electron chi connectivity index (χ2n) is 4.36. The number of carboxylic acids is 1. The minimum Gasteiger partial charge on any atom is -0.480 e. The van der Waals surface area contributed by atoms with Crippen molar-refractivity contribution in [1.29, 1.82) is 0 Å². The maximum Gasteiger partial charge on any atom is 0.325 e. The first-order valence-electron chi connectivity index (χ1n) is 5.51. The highest BCUT2D eigenvalue weighted by Crippen LogP contribution is 2.25. The van der Waals surface area contributed by atoms with Gasteiger partial charge in [0.15, 0.2) is 0 Å². The Bertz CT molecular complexity index is 482. The van der Waals surface area contributed by atoms with E-state index in [1.54, 1.807) is 7.05 Å². The summed E-state index contributed by atoms with van der Waals surface area (Å²) in [6.07, 6.45) is 0. The van der Waals surface area contributed by atoms with Crippen molar-refractivity contribution >= 4 is 23.5 Å². The Kier molecular flexibility index (Phi) is 4.34. The highest BCUT2D eigenvalue weighted by atomic mass is 35.5. The number of carbonyl (C=O) groups excluding carboxylic acids is 1. The molecule has 1 atom stereocenters. The van der Waals surface area contributed by atoms with Crippen molar-refractivity contribution in [2.24, 2.45) is 7.05 Å². The maximum atomic E-state index is 12.0. The van der Waals surface area contributed by atoms with Crippen LogP contribution in [0.4, 0.5) is 0 Å². The second kappa shape index (κ2) is 5.39. The first kappa shape index (κ1) is 14.5. The number of halogens is 1. The highest BCUT2D eigenvalue weighted by Gasteiger charge is 2.25. The Morgan fingerprint density at radius 3 is 2.39 bits per heavy atom. The molecule has 0 aliphatic carbocycles. The summed E-state index contributed by atoms with van der Waals surface area (Å²) in [6, 6.07) is -0.978. The lowest BCUT2D eigenvalue weighted by Crippen LogP contribution is -2.38. The van der Waals surface area contributed by atoms with Gasteiger partial charge in [0.2, 0.25) is 0 Å². The molecule has 0 aliphatic heterocycles. The van der Waals surface area contributed by atoms with E-state index in [0.29, 0.717) is 5.69 Å². The summed E-state index contributed by atoms with van der Waals surface area (Å²) in [6.45, 7) is 5.16. The molecule has 0 saturated heterocycles. The Morgan fingerprint density at radius 1 is 1.39 bits per heavy atom. The molecule has 7 heteroatoms. The van der Waals surface area contributed by atoms with E-state index in [0.717, 1.165) is 0 Å². The molecule has 100 valence electrons. The van der Waals surface area contributed by atoms with Gasteiger partial charge >= 0.3 is 5.97 Å². The van der Waals surface area contributed by atoms with Crippen molar-refractivity contribution < 1.29 is 14.7 Å². The van der Waals surface area contributed by atoms with Crippen LogP contribution in [0.2, 0.25) is 5.15 Å². The molecular weight excluding hydrogens is 258 g/mol. The van der Waals surface area contributed by atoms with Gasteiger partial charge in [-0.25, -0.2) is 0 Å². The van der Waals surface area contributed by atoms with Gasteiger partial charge in [0.05, 0.1) is 11.3 Å². The third-order valence-corrected chi connectivity index (χ3v) is 2.93. The molecule has 1 rings (SSSR count). The normalized spacial score (nSPS) is 12.6. The average Bonchev–Trinajstić information content (AvgIpc) is 2.55. The number of amides is 1. The highest BCUT2D eigenvalue weighted by molar-refractivity contribution is 6.33. The second-order valence-corrected chi connectivity index (χ2v) is 4.72. The van der Waals surface area contributed by atoms with Gasteiger partial charge < -0.3 is 10.4 Å². The van der Waals surface area contributed by atoms with Gasteiger partial charge in [0, 0.05) is 7.05 Å². The van der Waals surface area contributed by atoms with E-state index in [4.69, 9.17) is 16.7 Å². The van der Waals surface area contributed by atoms with E-state index in [9.17, 15) is 9.59 Å². The third-order valence-electron chi connectivity index (χ3n) is 2.50. The fourth-order valence-electron chi connectivity index (χ4n) is 1.47. The van der Waals surface area contributed by atoms with E-state index in [-0.39, 0.29) is 16.6 Å². The summed E-state index contributed by atoms with van der Waals surface area (Å²) >= 11 is 6.01. The Labute approximate surface area is 110 Å². The van der Waals surface area contributed by atoms with Crippen LogP contribution in [0.25, 0.3) is 0 Å². The first-order valence-corrected chi connectivity index (χ1v) is 5.89. The lowest BCUT2D eigenvalue weighted by Gasteiger charge is -2.10. The molecule has 6 nitrogen and oxygen atoms in total. The molecular formula is C11H16ClN3O3. The van der Waals surface area contributed by atoms with Crippen molar-refractivity contribution in [2.75, 3.05) is 0 Å². The molecule has 1 amide bonds. The fourth-order valence-corrected chi connectivity index (χ4v) is 1.69. The Balaban J connectivity index is 3.08. The van der Waals surface area contributed by atoms with E-state index in [1.807, 2.05) is 13.8 Å². The average molecular weight is 274 g/mol. The van der Waals surface area contributed by atoms with Crippen LogP contribution in [0.3, 0.4) is 0 Å². The van der Waals surface area contributed by atoms with Crippen LogP contribution in [0, 0.1) is 0 Å². The molecule has 0 unspecified atom stereocenters. The molecule has 0 fully saturated rings. The number of aryl methyl sites for hydroxylation is 1. The largest absolute Gasteiger partial charge is 0.480 e. The standard InChI is InChI=1S/C11H16ClN3O3/c1-5(2)8-7(9(12)15(4)14-8)10(16)13-6(3)11(17)18/h5-6H,1-4H3,(H,13,16)(H,17,18)/t6-/m1/s1. The van der Waals surface area contributed by atoms with Gasteiger partial charge in [0.25, 0.3) is 5.91 Å². The van der Waals surface area contributed by atoms with Gasteiger partial charge in [-0.15, -0.1) is 0 Å². The number of hydrogen-bond acceptors (Lipinski definition) is 3. The zero-order valence-corrected chi connectivity index (χ0v) is 11.4. The fraction of sp³-hybridized carbons (Fsp3) is 0.545. The van der Waals surface area contributed by atoms with Crippen LogP contribution < -0.4 is 5.32 Å². The van der Waals surface area contributed by atoms with Crippen molar-refractivity contribution in [3.63, 3.8) is 0 Å². The monoisotopic (exact) mass is 273 g/mol. The number of carboxylic acid groups (broad SMARTS) is 1. The topological polar surface area (TPSA) is 84.2 Å². The minimum atomic E-state index is -1.10. The number of nitrogens with one attached hydrogen (secondary N) is 1. The minimum absolute atomic E-state index is 0.0181. The Hall–Kier alpha value is -1.56. The number of rotatable bonds is 4. The summed E-state index contributed by atoms with van der Waals surface area (Å²) < 4.78 is 1.40. The van der Waals surface area contributed by atoms with E-state index in [1.165, 1.54) is 11.6 Å². The van der Waals surface area contributed by atoms with Gasteiger partial charge in [0.1, 0.15) is 11.2 Å².